The van der Waals surface area contributed by atoms with Crippen LogP contribution in [-0.4, -0.2) is 34.1 Å². The summed E-state index contributed by atoms with van der Waals surface area (Å²) in [6.07, 6.45) is 7.30. The molecule has 2 fully saturated rings. The predicted octanol–water partition coefficient (Wildman–Crippen LogP) is 2.89. The van der Waals surface area contributed by atoms with Gasteiger partial charge < -0.3 is 15.1 Å². The highest BCUT2D eigenvalue weighted by molar-refractivity contribution is 5.99. The van der Waals surface area contributed by atoms with Crippen LogP contribution in [0.4, 0.5) is 0 Å². The van der Waals surface area contributed by atoms with Crippen molar-refractivity contribution in [1.82, 2.24) is 4.90 Å². The van der Waals surface area contributed by atoms with Gasteiger partial charge in [-0.3, -0.25) is 4.79 Å². The van der Waals surface area contributed by atoms with Crippen LogP contribution in [0.15, 0.2) is 18.2 Å². The molecule has 1 spiro atoms. The number of aromatic hydroxyl groups is 2. The van der Waals surface area contributed by atoms with Gasteiger partial charge in [-0.2, -0.15) is 0 Å². The Kier molecular flexibility index (Phi) is 3.32. The number of likely N-dealkylation sites (tertiary alicyclic amines) is 1. The van der Waals surface area contributed by atoms with Crippen molar-refractivity contribution in [2.75, 3.05) is 13.1 Å². The quantitative estimate of drug-likeness (QED) is 0.828. The molecule has 1 aromatic carbocycles. The molecular weight excluding hydrogens is 254 g/mol. The largest absolute Gasteiger partial charge is 0.507 e. The molecule has 3 rings (SSSR count). The molecule has 4 heteroatoms. The fourth-order valence-corrected chi connectivity index (χ4v) is 3.71. The molecule has 0 aromatic heterocycles. The Balaban J connectivity index is 1.73. The number of piperidine rings is 1. The molecular formula is C16H21NO3. The Morgan fingerprint density at radius 3 is 2.10 bits per heavy atom. The number of hydrogen-bond donors (Lipinski definition) is 2. The van der Waals surface area contributed by atoms with E-state index in [0.29, 0.717) is 5.41 Å². The first-order valence-corrected chi connectivity index (χ1v) is 7.42. The summed E-state index contributed by atoms with van der Waals surface area (Å²) in [5, 5.41) is 19.6. The SMILES string of the molecule is O=C(c1c(O)cccc1O)N1CCC2(CCCC2)CC1. The molecule has 0 bridgehead atoms. The topological polar surface area (TPSA) is 60.8 Å². The molecule has 0 unspecified atom stereocenters. The van der Waals surface area contributed by atoms with E-state index in [2.05, 4.69) is 0 Å². The van der Waals surface area contributed by atoms with Gasteiger partial charge in [0.15, 0.2) is 0 Å². The first-order chi connectivity index (χ1) is 9.61. The van der Waals surface area contributed by atoms with Gasteiger partial charge in [-0.05, 0) is 43.2 Å². The molecule has 1 saturated carbocycles. The number of carbonyl (C=O) groups is 1. The molecule has 1 aromatic rings. The highest BCUT2D eigenvalue weighted by Gasteiger charge is 2.38. The zero-order chi connectivity index (χ0) is 14.2. The van der Waals surface area contributed by atoms with Crippen molar-refractivity contribution < 1.29 is 15.0 Å². The van der Waals surface area contributed by atoms with Crippen LogP contribution in [0.3, 0.4) is 0 Å². The third kappa shape index (κ3) is 2.23. The van der Waals surface area contributed by atoms with E-state index in [4.69, 9.17) is 0 Å². The Bertz CT molecular complexity index is 490. The zero-order valence-corrected chi connectivity index (χ0v) is 11.6. The van der Waals surface area contributed by atoms with Crippen molar-refractivity contribution in [2.24, 2.45) is 5.41 Å². The van der Waals surface area contributed by atoms with Gasteiger partial charge in [0.05, 0.1) is 0 Å². The average molecular weight is 275 g/mol. The number of benzene rings is 1. The number of amides is 1. The van der Waals surface area contributed by atoms with Gasteiger partial charge in [0.25, 0.3) is 5.91 Å². The van der Waals surface area contributed by atoms with Crippen LogP contribution >= 0.6 is 0 Å². The number of nitrogens with zero attached hydrogens (tertiary/aromatic N) is 1. The van der Waals surface area contributed by atoms with Gasteiger partial charge in [0.1, 0.15) is 17.1 Å². The molecule has 0 atom stereocenters. The van der Waals surface area contributed by atoms with E-state index in [1.165, 1.54) is 43.9 Å². The van der Waals surface area contributed by atoms with E-state index in [1.807, 2.05) is 0 Å². The third-order valence-corrected chi connectivity index (χ3v) is 5.01. The first-order valence-electron chi connectivity index (χ1n) is 7.42. The number of rotatable bonds is 1. The molecule has 2 aliphatic rings. The van der Waals surface area contributed by atoms with E-state index in [-0.39, 0.29) is 23.0 Å². The van der Waals surface area contributed by atoms with Crippen LogP contribution in [0.1, 0.15) is 48.9 Å². The van der Waals surface area contributed by atoms with Gasteiger partial charge in [-0.25, -0.2) is 0 Å². The normalized spacial score (nSPS) is 21.3. The summed E-state index contributed by atoms with van der Waals surface area (Å²) in [6, 6.07) is 4.41. The lowest BCUT2D eigenvalue weighted by atomic mass is 9.77. The second kappa shape index (κ2) is 5.00. The van der Waals surface area contributed by atoms with Crippen LogP contribution in [-0.2, 0) is 0 Å². The second-order valence-electron chi connectivity index (χ2n) is 6.17. The molecule has 108 valence electrons. The van der Waals surface area contributed by atoms with Gasteiger partial charge in [0.2, 0.25) is 0 Å². The minimum absolute atomic E-state index is 0.0369. The summed E-state index contributed by atoms with van der Waals surface area (Å²) in [6.45, 7) is 1.46. The molecule has 1 aliphatic carbocycles. The molecule has 20 heavy (non-hydrogen) atoms. The van der Waals surface area contributed by atoms with Crippen molar-refractivity contribution >= 4 is 5.91 Å². The fraction of sp³-hybridized carbons (Fsp3) is 0.562. The highest BCUT2D eigenvalue weighted by atomic mass is 16.3. The molecule has 4 nitrogen and oxygen atoms in total. The van der Waals surface area contributed by atoms with Crippen LogP contribution in [0.2, 0.25) is 0 Å². The number of carbonyl (C=O) groups excluding carboxylic acids is 1. The molecule has 1 heterocycles. The van der Waals surface area contributed by atoms with E-state index >= 15 is 0 Å². The van der Waals surface area contributed by atoms with Crippen LogP contribution in [0, 0.1) is 5.41 Å². The minimum atomic E-state index is -0.256. The summed E-state index contributed by atoms with van der Waals surface area (Å²) >= 11 is 0. The lowest BCUT2D eigenvalue weighted by Crippen LogP contribution is -2.42. The second-order valence-corrected chi connectivity index (χ2v) is 6.17. The highest BCUT2D eigenvalue weighted by Crippen LogP contribution is 2.46. The number of phenolic OH excluding ortho intramolecular Hbond substituents is 2. The summed E-state index contributed by atoms with van der Waals surface area (Å²) in [7, 11) is 0. The predicted molar refractivity (Wildman–Crippen MR) is 75.8 cm³/mol. The van der Waals surface area contributed by atoms with E-state index < -0.39 is 0 Å². The average Bonchev–Trinajstić information content (AvgIpc) is 2.87. The van der Waals surface area contributed by atoms with Gasteiger partial charge >= 0.3 is 0 Å². The van der Waals surface area contributed by atoms with Crippen molar-refractivity contribution in [3.8, 4) is 11.5 Å². The smallest absolute Gasteiger partial charge is 0.261 e. The number of hydrogen-bond acceptors (Lipinski definition) is 3. The maximum Gasteiger partial charge on any atom is 0.261 e. The van der Waals surface area contributed by atoms with Crippen LogP contribution < -0.4 is 0 Å². The van der Waals surface area contributed by atoms with Gasteiger partial charge in [-0.15, -0.1) is 0 Å². The maximum atomic E-state index is 12.5. The van der Waals surface area contributed by atoms with E-state index in [0.717, 1.165) is 25.9 Å². The van der Waals surface area contributed by atoms with Crippen molar-refractivity contribution in [2.45, 2.75) is 38.5 Å². The van der Waals surface area contributed by atoms with E-state index in [9.17, 15) is 15.0 Å². The minimum Gasteiger partial charge on any atom is -0.507 e. The standard InChI is InChI=1S/C16H21NO3/c18-12-4-3-5-13(19)14(12)15(20)17-10-8-16(9-11-17)6-1-2-7-16/h3-5,18-19H,1-2,6-11H2. The summed E-state index contributed by atoms with van der Waals surface area (Å²) < 4.78 is 0. The fourth-order valence-electron chi connectivity index (χ4n) is 3.71. The van der Waals surface area contributed by atoms with Crippen molar-refractivity contribution in [1.29, 1.82) is 0 Å². The Labute approximate surface area is 119 Å². The molecule has 0 radical (unpaired) electrons. The van der Waals surface area contributed by atoms with E-state index in [1.54, 1.807) is 4.90 Å². The Hall–Kier alpha value is -1.71. The molecule has 1 aliphatic heterocycles. The lowest BCUT2D eigenvalue weighted by Gasteiger charge is -2.39. The number of phenols is 2. The Morgan fingerprint density at radius 1 is 1.00 bits per heavy atom. The monoisotopic (exact) mass is 275 g/mol. The van der Waals surface area contributed by atoms with Gasteiger partial charge in [-0.1, -0.05) is 18.9 Å². The summed E-state index contributed by atoms with van der Waals surface area (Å²) in [5.41, 5.74) is 0.493. The molecule has 1 saturated heterocycles. The maximum absolute atomic E-state index is 12.5. The summed E-state index contributed by atoms with van der Waals surface area (Å²) in [4.78, 5) is 14.2. The third-order valence-electron chi connectivity index (χ3n) is 5.01. The first kappa shape index (κ1) is 13.3. The summed E-state index contributed by atoms with van der Waals surface area (Å²) in [5.74, 6) is -0.541. The van der Waals surface area contributed by atoms with Crippen LogP contribution in [0.5, 0.6) is 11.5 Å². The molecule has 2 N–H and O–H groups in total. The zero-order valence-electron chi connectivity index (χ0n) is 11.6. The van der Waals surface area contributed by atoms with Gasteiger partial charge in [0, 0.05) is 13.1 Å². The Morgan fingerprint density at radius 2 is 1.55 bits per heavy atom. The lowest BCUT2D eigenvalue weighted by molar-refractivity contribution is 0.0582. The van der Waals surface area contributed by atoms with Crippen molar-refractivity contribution in [3.05, 3.63) is 23.8 Å². The molecule has 1 amide bonds. The van der Waals surface area contributed by atoms with Crippen LogP contribution in [0.25, 0.3) is 0 Å². The van der Waals surface area contributed by atoms with Crippen molar-refractivity contribution in [3.63, 3.8) is 0 Å².